The van der Waals surface area contributed by atoms with Gasteiger partial charge in [0.15, 0.2) is 5.96 Å². The molecule has 140 valence electrons. The maximum atomic E-state index is 11.8. The normalized spacial score (nSPS) is 16.9. The van der Waals surface area contributed by atoms with Crippen molar-refractivity contribution in [2.75, 3.05) is 33.8 Å². The topological polar surface area (TPSA) is 66.0 Å². The molecule has 0 spiro atoms. The average molecular weight is 460 g/mol. The van der Waals surface area contributed by atoms with E-state index in [1.165, 1.54) is 5.56 Å². The molecule has 1 unspecified atom stereocenters. The smallest absolute Gasteiger partial charge is 0.241 e. The van der Waals surface area contributed by atoms with Crippen LogP contribution in [0.4, 0.5) is 0 Å². The van der Waals surface area contributed by atoms with E-state index in [2.05, 4.69) is 46.8 Å². The molecule has 25 heavy (non-hydrogen) atoms. The van der Waals surface area contributed by atoms with Crippen molar-refractivity contribution in [3.63, 3.8) is 0 Å². The fourth-order valence-electron chi connectivity index (χ4n) is 2.37. The first-order chi connectivity index (χ1) is 11.5. The molecule has 0 aromatic heterocycles. The minimum atomic E-state index is 0. The fraction of sp³-hybridized carbons (Fsp3) is 0.556. The number of carbonyl (C=O) groups is 1. The van der Waals surface area contributed by atoms with Gasteiger partial charge in [0, 0.05) is 27.2 Å². The Bertz CT molecular complexity index is 555. The summed E-state index contributed by atoms with van der Waals surface area (Å²) in [7, 11) is 3.49. The first-order valence-corrected chi connectivity index (χ1v) is 8.44. The van der Waals surface area contributed by atoms with Gasteiger partial charge in [0.1, 0.15) is 0 Å². The van der Waals surface area contributed by atoms with Gasteiger partial charge in [-0.3, -0.25) is 4.79 Å². The molecule has 0 aliphatic carbocycles. The maximum Gasteiger partial charge on any atom is 0.241 e. The monoisotopic (exact) mass is 460 g/mol. The standard InChI is InChI=1S/C18H28N4O2.HI/c1-14-6-8-15(9-7-14)11-19-18(21-13-17(23)22(2)3)20-12-16-5-4-10-24-16;/h6-9,16H,4-5,10-13H2,1-3H3,(H2,19,20,21);1H. The molecule has 0 bridgehead atoms. The predicted molar refractivity (Wildman–Crippen MR) is 111 cm³/mol. The van der Waals surface area contributed by atoms with Gasteiger partial charge in [-0.15, -0.1) is 24.0 Å². The predicted octanol–water partition coefficient (Wildman–Crippen LogP) is 1.92. The second kappa shape index (κ2) is 11.3. The third-order valence-corrected chi connectivity index (χ3v) is 3.97. The first-order valence-electron chi connectivity index (χ1n) is 8.44. The molecule has 1 saturated heterocycles. The maximum absolute atomic E-state index is 11.8. The fourth-order valence-corrected chi connectivity index (χ4v) is 2.37. The molecule has 0 saturated carbocycles. The molecule has 1 aromatic carbocycles. The van der Waals surface area contributed by atoms with Crippen LogP contribution in [-0.4, -0.2) is 56.7 Å². The molecule has 1 atom stereocenters. The molecule has 2 N–H and O–H groups in total. The van der Waals surface area contributed by atoms with Gasteiger partial charge in [0.2, 0.25) is 5.91 Å². The molecule has 0 radical (unpaired) electrons. The summed E-state index contributed by atoms with van der Waals surface area (Å²) in [4.78, 5) is 17.9. The number of amides is 1. The van der Waals surface area contributed by atoms with E-state index in [0.717, 1.165) is 25.0 Å². The van der Waals surface area contributed by atoms with Crippen LogP contribution in [0.25, 0.3) is 0 Å². The van der Waals surface area contributed by atoms with Gasteiger partial charge >= 0.3 is 0 Å². The van der Waals surface area contributed by atoms with Crippen LogP contribution in [0.5, 0.6) is 0 Å². The number of hydrogen-bond acceptors (Lipinski definition) is 3. The van der Waals surface area contributed by atoms with Gasteiger partial charge in [-0.1, -0.05) is 29.8 Å². The zero-order valence-corrected chi connectivity index (χ0v) is 17.6. The van der Waals surface area contributed by atoms with Gasteiger partial charge < -0.3 is 20.3 Å². The number of benzene rings is 1. The van der Waals surface area contributed by atoms with Crippen molar-refractivity contribution in [1.29, 1.82) is 0 Å². The number of guanidine groups is 1. The number of aryl methyl sites for hydroxylation is 1. The molecule has 1 amide bonds. The van der Waals surface area contributed by atoms with Crippen LogP contribution >= 0.6 is 24.0 Å². The van der Waals surface area contributed by atoms with Crippen LogP contribution in [0.1, 0.15) is 24.0 Å². The Kier molecular flexibility index (Phi) is 9.81. The van der Waals surface area contributed by atoms with Crippen LogP contribution in [0.2, 0.25) is 0 Å². The van der Waals surface area contributed by atoms with E-state index >= 15 is 0 Å². The lowest BCUT2D eigenvalue weighted by Gasteiger charge is -2.17. The molecular weight excluding hydrogens is 431 g/mol. The lowest BCUT2D eigenvalue weighted by atomic mass is 10.1. The number of nitrogens with one attached hydrogen (secondary N) is 2. The van der Waals surface area contributed by atoms with Gasteiger partial charge in [-0.05, 0) is 25.3 Å². The summed E-state index contributed by atoms with van der Waals surface area (Å²) in [5.41, 5.74) is 2.37. The average Bonchev–Trinajstić information content (AvgIpc) is 3.08. The number of rotatable bonds is 6. The van der Waals surface area contributed by atoms with Crippen LogP contribution < -0.4 is 10.6 Å². The highest BCUT2D eigenvalue weighted by Crippen LogP contribution is 2.10. The number of halogens is 1. The summed E-state index contributed by atoms with van der Waals surface area (Å²) in [6, 6.07) is 8.30. The number of aliphatic imine (C=N–C) groups is 1. The van der Waals surface area contributed by atoms with E-state index in [1.807, 2.05) is 0 Å². The van der Waals surface area contributed by atoms with Gasteiger partial charge in [0.25, 0.3) is 0 Å². The Morgan fingerprint density at radius 1 is 1.28 bits per heavy atom. The zero-order valence-electron chi connectivity index (χ0n) is 15.2. The molecule has 1 fully saturated rings. The summed E-state index contributed by atoms with van der Waals surface area (Å²) < 4.78 is 5.62. The van der Waals surface area contributed by atoms with E-state index in [0.29, 0.717) is 19.0 Å². The van der Waals surface area contributed by atoms with Crippen molar-refractivity contribution in [1.82, 2.24) is 15.5 Å². The number of carbonyl (C=O) groups excluding carboxylic acids is 1. The molecule has 1 aromatic rings. The van der Waals surface area contributed by atoms with Crippen molar-refractivity contribution < 1.29 is 9.53 Å². The van der Waals surface area contributed by atoms with E-state index in [1.54, 1.807) is 19.0 Å². The third-order valence-electron chi connectivity index (χ3n) is 3.97. The summed E-state index contributed by atoms with van der Waals surface area (Å²) in [6.45, 7) is 4.39. The Labute approximate surface area is 167 Å². The Morgan fingerprint density at radius 2 is 2.00 bits per heavy atom. The highest BCUT2D eigenvalue weighted by Gasteiger charge is 2.16. The van der Waals surface area contributed by atoms with Crippen molar-refractivity contribution in [2.45, 2.75) is 32.4 Å². The van der Waals surface area contributed by atoms with Crippen molar-refractivity contribution in [2.24, 2.45) is 4.99 Å². The van der Waals surface area contributed by atoms with Gasteiger partial charge in [-0.25, -0.2) is 4.99 Å². The van der Waals surface area contributed by atoms with Crippen LogP contribution in [0.15, 0.2) is 29.3 Å². The van der Waals surface area contributed by atoms with Gasteiger partial charge in [-0.2, -0.15) is 0 Å². The summed E-state index contributed by atoms with van der Waals surface area (Å²) in [5, 5.41) is 6.38. The largest absolute Gasteiger partial charge is 0.376 e. The van der Waals surface area contributed by atoms with Crippen LogP contribution in [0.3, 0.4) is 0 Å². The summed E-state index contributed by atoms with van der Waals surface area (Å²) in [5.74, 6) is 0.651. The number of nitrogens with zero attached hydrogens (tertiary/aromatic N) is 2. The van der Waals surface area contributed by atoms with Crippen molar-refractivity contribution >= 4 is 35.8 Å². The highest BCUT2D eigenvalue weighted by molar-refractivity contribution is 14.0. The second-order valence-corrected chi connectivity index (χ2v) is 6.31. The number of ether oxygens (including phenoxy) is 1. The second-order valence-electron chi connectivity index (χ2n) is 6.31. The van der Waals surface area contributed by atoms with Crippen molar-refractivity contribution in [3.05, 3.63) is 35.4 Å². The minimum absolute atomic E-state index is 0. The van der Waals surface area contributed by atoms with E-state index in [4.69, 9.17) is 4.74 Å². The molecule has 2 rings (SSSR count). The summed E-state index contributed by atoms with van der Waals surface area (Å²) >= 11 is 0. The SMILES string of the molecule is Cc1ccc(CN=C(NCC(=O)N(C)C)NCC2CCCO2)cc1.I. The zero-order chi connectivity index (χ0) is 17.4. The van der Waals surface area contributed by atoms with E-state index in [-0.39, 0.29) is 42.5 Å². The molecule has 6 nitrogen and oxygen atoms in total. The number of likely N-dealkylation sites (N-methyl/N-ethyl adjacent to an activating group) is 1. The van der Waals surface area contributed by atoms with Crippen LogP contribution in [0, 0.1) is 6.92 Å². The minimum Gasteiger partial charge on any atom is -0.376 e. The van der Waals surface area contributed by atoms with Gasteiger partial charge in [0.05, 0.1) is 19.2 Å². The third kappa shape index (κ3) is 8.04. The Hall–Kier alpha value is -1.35. The van der Waals surface area contributed by atoms with Crippen molar-refractivity contribution in [3.8, 4) is 0 Å². The lowest BCUT2D eigenvalue weighted by Crippen LogP contribution is -2.45. The number of hydrogen-bond donors (Lipinski definition) is 2. The Morgan fingerprint density at radius 3 is 2.60 bits per heavy atom. The first kappa shape index (κ1) is 21.7. The quantitative estimate of drug-likeness (QED) is 0.387. The molecule has 7 heteroatoms. The van der Waals surface area contributed by atoms with E-state index < -0.39 is 0 Å². The summed E-state index contributed by atoms with van der Waals surface area (Å²) in [6.07, 6.45) is 2.39. The molecule has 1 heterocycles. The molecule has 1 aliphatic heterocycles. The molecular formula is C18H29IN4O2. The molecule has 1 aliphatic rings. The Balaban J connectivity index is 0.00000312. The highest BCUT2D eigenvalue weighted by atomic mass is 127. The van der Waals surface area contributed by atoms with E-state index in [9.17, 15) is 4.79 Å². The lowest BCUT2D eigenvalue weighted by molar-refractivity contribution is -0.127. The van der Waals surface area contributed by atoms with Crippen LogP contribution in [-0.2, 0) is 16.1 Å².